The fraction of sp³-hybridized carbons (Fsp3) is 0.600. The summed E-state index contributed by atoms with van der Waals surface area (Å²) >= 11 is 1.65. The third-order valence-electron chi connectivity index (χ3n) is 5.35. The molecule has 8 heteroatoms. The zero-order valence-electron chi connectivity index (χ0n) is 16.8. The number of hydrogen-bond acceptors (Lipinski definition) is 6. The molecule has 2 saturated heterocycles. The number of benzene rings is 1. The van der Waals surface area contributed by atoms with Crippen molar-refractivity contribution in [3.8, 4) is 11.5 Å². The number of amides is 2. The molecule has 1 atom stereocenters. The van der Waals surface area contributed by atoms with Crippen LogP contribution < -0.4 is 9.47 Å². The van der Waals surface area contributed by atoms with Crippen molar-refractivity contribution in [3.05, 3.63) is 23.8 Å². The summed E-state index contributed by atoms with van der Waals surface area (Å²) in [5.74, 6) is 2.25. The maximum absolute atomic E-state index is 12.5. The molecule has 0 N–H and O–H groups in total. The summed E-state index contributed by atoms with van der Waals surface area (Å²) in [5, 5.41) is -0.00438. The van der Waals surface area contributed by atoms with Crippen LogP contribution in [0.1, 0.15) is 24.3 Å². The van der Waals surface area contributed by atoms with Gasteiger partial charge in [-0.1, -0.05) is 13.0 Å². The average Bonchev–Trinajstić information content (AvgIpc) is 3.11. The minimum Gasteiger partial charge on any atom is -0.493 e. The van der Waals surface area contributed by atoms with Crippen molar-refractivity contribution in [1.29, 1.82) is 0 Å². The van der Waals surface area contributed by atoms with Crippen LogP contribution in [0.4, 0.5) is 0 Å². The van der Waals surface area contributed by atoms with E-state index in [1.807, 2.05) is 34.9 Å². The van der Waals surface area contributed by atoms with Gasteiger partial charge in [0, 0.05) is 45.7 Å². The van der Waals surface area contributed by atoms with E-state index in [1.165, 1.54) is 0 Å². The molecule has 2 amide bonds. The van der Waals surface area contributed by atoms with Crippen molar-refractivity contribution in [1.82, 2.24) is 14.7 Å². The summed E-state index contributed by atoms with van der Waals surface area (Å²) in [4.78, 5) is 30.5. The molecule has 2 fully saturated rings. The second-order valence-corrected chi connectivity index (χ2v) is 8.01. The first kappa shape index (κ1) is 20.8. The van der Waals surface area contributed by atoms with Crippen LogP contribution in [0.5, 0.6) is 11.5 Å². The minimum absolute atomic E-state index is 0.00438. The third-order valence-corrected chi connectivity index (χ3v) is 6.60. The Balaban J connectivity index is 1.60. The molecular formula is C20H29N3O4S. The Labute approximate surface area is 170 Å². The Bertz CT molecular complexity index is 707. The van der Waals surface area contributed by atoms with Crippen LogP contribution in [0.25, 0.3) is 0 Å². The Kier molecular flexibility index (Phi) is 7.07. The van der Waals surface area contributed by atoms with E-state index in [2.05, 4.69) is 4.90 Å². The smallest absolute Gasteiger partial charge is 0.233 e. The molecule has 1 aromatic rings. The first-order valence-corrected chi connectivity index (χ1v) is 10.7. The number of nitrogens with zero attached hydrogens (tertiary/aromatic N) is 3. The fourth-order valence-electron chi connectivity index (χ4n) is 3.67. The fourth-order valence-corrected chi connectivity index (χ4v) is 4.88. The van der Waals surface area contributed by atoms with Crippen LogP contribution in [-0.2, 0) is 9.59 Å². The van der Waals surface area contributed by atoms with E-state index in [-0.39, 0.29) is 17.2 Å². The van der Waals surface area contributed by atoms with Crippen molar-refractivity contribution in [2.24, 2.45) is 0 Å². The van der Waals surface area contributed by atoms with Crippen molar-refractivity contribution in [2.75, 3.05) is 59.2 Å². The lowest BCUT2D eigenvalue weighted by molar-refractivity contribution is -0.132. The highest BCUT2D eigenvalue weighted by Gasteiger charge is 2.33. The molecule has 0 spiro atoms. The Hall–Kier alpha value is -1.93. The molecule has 3 rings (SSSR count). The number of rotatable bonds is 7. The van der Waals surface area contributed by atoms with Gasteiger partial charge in [0.1, 0.15) is 5.37 Å². The number of carbonyl (C=O) groups is 2. The van der Waals surface area contributed by atoms with Crippen molar-refractivity contribution in [2.45, 2.75) is 18.7 Å². The molecule has 0 bridgehead atoms. The maximum Gasteiger partial charge on any atom is 0.233 e. The van der Waals surface area contributed by atoms with Crippen LogP contribution in [-0.4, -0.2) is 85.8 Å². The molecular weight excluding hydrogens is 378 g/mol. The van der Waals surface area contributed by atoms with Gasteiger partial charge in [-0.15, -0.1) is 11.8 Å². The van der Waals surface area contributed by atoms with E-state index in [4.69, 9.17) is 9.47 Å². The molecule has 0 saturated carbocycles. The van der Waals surface area contributed by atoms with Gasteiger partial charge in [-0.25, -0.2) is 0 Å². The normalized spacial score (nSPS) is 20.5. The minimum atomic E-state index is -0.00438. The molecule has 28 heavy (non-hydrogen) atoms. The maximum atomic E-state index is 12.5. The van der Waals surface area contributed by atoms with E-state index in [0.717, 1.165) is 38.3 Å². The van der Waals surface area contributed by atoms with Gasteiger partial charge in [0.05, 0.1) is 20.0 Å². The summed E-state index contributed by atoms with van der Waals surface area (Å²) in [7, 11) is 3.24. The number of ether oxygens (including phenoxy) is 2. The van der Waals surface area contributed by atoms with E-state index in [0.29, 0.717) is 30.2 Å². The van der Waals surface area contributed by atoms with Gasteiger partial charge in [0.25, 0.3) is 0 Å². The molecule has 0 aliphatic carbocycles. The third kappa shape index (κ3) is 4.55. The molecule has 2 heterocycles. The Morgan fingerprint density at radius 3 is 2.46 bits per heavy atom. The Morgan fingerprint density at radius 2 is 1.82 bits per heavy atom. The first-order chi connectivity index (χ1) is 13.6. The van der Waals surface area contributed by atoms with Crippen molar-refractivity contribution in [3.63, 3.8) is 0 Å². The number of thioether (sulfide) groups is 1. The van der Waals surface area contributed by atoms with E-state index >= 15 is 0 Å². The molecule has 7 nitrogen and oxygen atoms in total. The average molecular weight is 408 g/mol. The lowest BCUT2D eigenvalue weighted by Gasteiger charge is -2.36. The van der Waals surface area contributed by atoms with E-state index in [1.54, 1.807) is 26.0 Å². The molecule has 0 unspecified atom stereocenters. The summed E-state index contributed by atoms with van der Waals surface area (Å²) in [5.41, 5.74) is 1.05. The van der Waals surface area contributed by atoms with Crippen LogP contribution in [0.2, 0.25) is 0 Å². The first-order valence-electron chi connectivity index (χ1n) is 9.70. The topological polar surface area (TPSA) is 62.3 Å². The van der Waals surface area contributed by atoms with Gasteiger partial charge in [-0.05, 0) is 17.7 Å². The number of methoxy groups -OCH3 is 2. The van der Waals surface area contributed by atoms with Crippen LogP contribution in [0, 0.1) is 0 Å². The largest absolute Gasteiger partial charge is 0.493 e. The van der Waals surface area contributed by atoms with Crippen molar-refractivity contribution >= 4 is 23.6 Å². The predicted molar refractivity (Wildman–Crippen MR) is 110 cm³/mol. The standard InChI is InChI=1S/C20H29N3O4S/c1-4-18(24)22-10-7-21(8-11-22)9-12-23-19(25)14-28-20(23)15-5-6-16(26-2)17(13-15)27-3/h5-6,13,20H,4,7-12,14H2,1-3H3/t20-/m0/s1. The molecule has 2 aliphatic rings. The second kappa shape index (κ2) is 9.52. The second-order valence-electron chi connectivity index (χ2n) is 6.94. The lowest BCUT2D eigenvalue weighted by atomic mass is 10.1. The highest BCUT2D eigenvalue weighted by molar-refractivity contribution is 8.00. The zero-order valence-corrected chi connectivity index (χ0v) is 17.7. The lowest BCUT2D eigenvalue weighted by Crippen LogP contribution is -2.50. The van der Waals surface area contributed by atoms with E-state index < -0.39 is 0 Å². The highest BCUT2D eigenvalue weighted by atomic mass is 32.2. The van der Waals surface area contributed by atoms with Gasteiger partial charge in [-0.2, -0.15) is 0 Å². The van der Waals surface area contributed by atoms with Crippen LogP contribution in [0.15, 0.2) is 18.2 Å². The summed E-state index contributed by atoms with van der Waals surface area (Å²) < 4.78 is 10.7. The SMILES string of the molecule is CCC(=O)N1CCN(CCN2C(=O)CS[C@H]2c2ccc(OC)c(OC)c2)CC1. The zero-order chi connectivity index (χ0) is 20.1. The summed E-state index contributed by atoms with van der Waals surface area (Å²) in [6.45, 7) is 6.68. The van der Waals surface area contributed by atoms with Gasteiger partial charge in [-0.3, -0.25) is 14.5 Å². The molecule has 154 valence electrons. The number of hydrogen-bond donors (Lipinski definition) is 0. The molecule has 2 aliphatic heterocycles. The summed E-state index contributed by atoms with van der Waals surface area (Å²) in [6.07, 6.45) is 0.562. The van der Waals surface area contributed by atoms with Crippen LogP contribution in [0.3, 0.4) is 0 Å². The number of carbonyl (C=O) groups excluding carboxylic acids is 2. The molecule has 0 aromatic heterocycles. The van der Waals surface area contributed by atoms with Gasteiger partial charge >= 0.3 is 0 Å². The monoisotopic (exact) mass is 407 g/mol. The van der Waals surface area contributed by atoms with Crippen molar-refractivity contribution < 1.29 is 19.1 Å². The predicted octanol–water partition coefficient (Wildman–Crippen LogP) is 1.83. The summed E-state index contributed by atoms with van der Waals surface area (Å²) in [6, 6.07) is 5.84. The quantitative estimate of drug-likeness (QED) is 0.687. The highest BCUT2D eigenvalue weighted by Crippen LogP contribution is 2.41. The van der Waals surface area contributed by atoms with E-state index in [9.17, 15) is 9.59 Å². The molecule has 0 radical (unpaired) electrons. The van der Waals surface area contributed by atoms with Crippen LogP contribution >= 0.6 is 11.8 Å². The van der Waals surface area contributed by atoms with Gasteiger partial charge in [0.2, 0.25) is 11.8 Å². The Morgan fingerprint density at radius 1 is 1.11 bits per heavy atom. The molecule has 1 aromatic carbocycles. The van der Waals surface area contributed by atoms with Gasteiger partial charge < -0.3 is 19.3 Å². The van der Waals surface area contributed by atoms with Gasteiger partial charge in [0.15, 0.2) is 11.5 Å². The number of piperazine rings is 1.